The second kappa shape index (κ2) is 9.59. The predicted molar refractivity (Wildman–Crippen MR) is 98.9 cm³/mol. The highest BCUT2D eigenvalue weighted by atomic mass is 16.5. The minimum atomic E-state index is 0.588. The van der Waals surface area contributed by atoms with E-state index in [4.69, 9.17) is 9.47 Å². The summed E-state index contributed by atoms with van der Waals surface area (Å²) >= 11 is 0. The molecule has 0 atom stereocenters. The van der Waals surface area contributed by atoms with Gasteiger partial charge in [-0.2, -0.15) is 0 Å². The van der Waals surface area contributed by atoms with Crippen molar-refractivity contribution in [1.29, 1.82) is 0 Å². The van der Waals surface area contributed by atoms with Crippen molar-refractivity contribution < 1.29 is 9.47 Å². The van der Waals surface area contributed by atoms with Gasteiger partial charge in [-0.15, -0.1) is 5.10 Å². The van der Waals surface area contributed by atoms with Crippen molar-refractivity contribution in [3.63, 3.8) is 0 Å². The molecule has 2 N–H and O–H groups in total. The highest BCUT2D eigenvalue weighted by Crippen LogP contribution is 2.14. The lowest BCUT2D eigenvalue weighted by molar-refractivity contribution is 0.0776. The van der Waals surface area contributed by atoms with Crippen molar-refractivity contribution in [2.24, 2.45) is 0 Å². The Morgan fingerprint density at radius 1 is 1.20 bits per heavy atom. The molecule has 0 spiro atoms. The van der Waals surface area contributed by atoms with Crippen LogP contribution in [0.15, 0.2) is 30.3 Å². The van der Waals surface area contributed by atoms with Crippen molar-refractivity contribution in [1.82, 2.24) is 15.5 Å². The van der Waals surface area contributed by atoms with E-state index in [2.05, 4.69) is 46.7 Å². The maximum atomic E-state index is 5.61. The number of nitrogens with one attached hydrogen (secondary N) is 2. The zero-order chi connectivity index (χ0) is 17.3. The molecule has 1 aromatic carbocycles. The van der Waals surface area contributed by atoms with Crippen LogP contribution in [0.1, 0.15) is 49.4 Å². The summed E-state index contributed by atoms with van der Waals surface area (Å²) < 4.78 is 11.0. The first-order valence-electron chi connectivity index (χ1n) is 9.39. The Balaban J connectivity index is 1.45. The van der Waals surface area contributed by atoms with Gasteiger partial charge in [-0.05, 0) is 30.4 Å². The third kappa shape index (κ3) is 5.87. The maximum Gasteiger partial charge on any atom is 0.232 e. The van der Waals surface area contributed by atoms with Gasteiger partial charge in [0.2, 0.25) is 5.88 Å². The molecule has 0 bridgehead atoms. The quantitative estimate of drug-likeness (QED) is 0.685. The molecule has 0 aliphatic carbocycles. The topological polar surface area (TPSA) is 59.2 Å². The number of hydrogen-bond donors (Lipinski definition) is 2. The normalized spacial score (nSPS) is 15.4. The van der Waals surface area contributed by atoms with Crippen LogP contribution in [-0.4, -0.2) is 36.1 Å². The van der Waals surface area contributed by atoms with Gasteiger partial charge in [-0.25, -0.2) is 0 Å². The molecule has 0 unspecified atom stereocenters. The van der Waals surface area contributed by atoms with Gasteiger partial charge >= 0.3 is 0 Å². The van der Waals surface area contributed by atoms with Crippen LogP contribution in [0.5, 0.6) is 5.88 Å². The molecule has 0 radical (unpaired) electrons. The van der Waals surface area contributed by atoms with Crippen LogP contribution in [0.25, 0.3) is 0 Å². The third-order valence-corrected chi connectivity index (χ3v) is 4.59. The van der Waals surface area contributed by atoms with Gasteiger partial charge in [0.15, 0.2) is 0 Å². The second-order valence-corrected chi connectivity index (χ2v) is 6.69. The molecule has 0 saturated carbocycles. The summed E-state index contributed by atoms with van der Waals surface area (Å²) in [6.45, 7) is 5.57. The highest BCUT2D eigenvalue weighted by molar-refractivity contribution is 5.27. The van der Waals surface area contributed by atoms with Crippen LogP contribution in [0.2, 0.25) is 0 Å². The summed E-state index contributed by atoms with van der Waals surface area (Å²) in [5, 5.41) is 10.9. The Labute approximate surface area is 150 Å². The Morgan fingerprint density at radius 3 is 2.72 bits per heavy atom. The fraction of sp³-hybridized carbons (Fsp3) is 0.550. The average molecular weight is 343 g/mol. The van der Waals surface area contributed by atoms with E-state index in [0.29, 0.717) is 11.9 Å². The number of aromatic nitrogens is 2. The van der Waals surface area contributed by atoms with Gasteiger partial charge in [-0.1, -0.05) is 37.6 Å². The van der Waals surface area contributed by atoms with E-state index >= 15 is 0 Å². The van der Waals surface area contributed by atoms with E-state index in [1.807, 2.05) is 6.07 Å². The van der Waals surface area contributed by atoms with E-state index in [9.17, 15) is 0 Å². The summed E-state index contributed by atoms with van der Waals surface area (Å²) in [6.07, 6.45) is 5.26. The molecule has 2 aromatic rings. The Morgan fingerprint density at radius 2 is 1.96 bits per heavy atom. The highest BCUT2D eigenvalue weighted by Gasteiger charge is 2.12. The minimum absolute atomic E-state index is 0.588. The summed E-state index contributed by atoms with van der Waals surface area (Å²) in [5.74, 6) is 0.695. The largest absolute Gasteiger partial charge is 0.477 e. The van der Waals surface area contributed by atoms with E-state index in [1.165, 1.54) is 11.1 Å². The number of unbranched alkanes of at least 4 members (excludes halogenated alkanes) is 1. The van der Waals surface area contributed by atoms with Gasteiger partial charge < -0.3 is 14.8 Å². The first kappa shape index (κ1) is 18.0. The van der Waals surface area contributed by atoms with Crippen molar-refractivity contribution in [2.45, 2.75) is 51.6 Å². The van der Waals surface area contributed by atoms with Gasteiger partial charge in [0.25, 0.3) is 0 Å². The number of rotatable bonds is 9. The van der Waals surface area contributed by atoms with E-state index in [1.54, 1.807) is 0 Å². The van der Waals surface area contributed by atoms with Crippen molar-refractivity contribution in [3.8, 4) is 5.88 Å². The SMILES string of the molecule is CCCCOc1cc(Cc2ccc(CNC3CCOCC3)cc2)[nH]n1. The molecule has 5 nitrogen and oxygen atoms in total. The number of nitrogens with zero attached hydrogens (tertiary/aromatic N) is 1. The van der Waals surface area contributed by atoms with Crippen molar-refractivity contribution in [3.05, 3.63) is 47.2 Å². The standard InChI is InChI=1S/C20H29N3O2/c1-2-3-10-25-20-14-19(22-23-20)13-16-4-6-17(7-5-16)15-21-18-8-11-24-12-9-18/h4-7,14,18,21H,2-3,8-13,15H2,1H3,(H,22,23). The molecule has 1 aromatic heterocycles. The molecular formula is C20H29N3O2. The van der Waals surface area contributed by atoms with Gasteiger partial charge in [0.05, 0.1) is 6.61 Å². The fourth-order valence-corrected chi connectivity index (χ4v) is 2.98. The minimum Gasteiger partial charge on any atom is -0.477 e. The van der Waals surface area contributed by atoms with Crippen LogP contribution in [0, 0.1) is 0 Å². The number of benzene rings is 1. The molecule has 1 aliphatic rings. The van der Waals surface area contributed by atoms with Crippen LogP contribution in [0.4, 0.5) is 0 Å². The number of ether oxygens (including phenoxy) is 2. The van der Waals surface area contributed by atoms with Crippen LogP contribution in [-0.2, 0) is 17.7 Å². The zero-order valence-corrected chi connectivity index (χ0v) is 15.1. The van der Waals surface area contributed by atoms with Gasteiger partial charge in [-0.3, -0.25) is 5.10 Å². The van der Waals surface area contributed by atoms with E-state index < -0.39 is 0 Å². The van der Waals surface area contributed by atoms with Crippen molar-refractivity contribution >= 4 is 0 Å². The molecule has 5 heteroatoms. The summed E-state index contributed by atoms with van der Waals surface area (Å²) in [4.78, 5) is 0. The summed E-state index contributed by atoms with van der Waals surface area (Å²) in [6, 6.07) is 11.4. The number of aromatic amines is 1. The predicted octanol–water partition coefficient (Wildman–Crippen LogP) is 3.45. The number of H-pyrrole nitrogens is 1. The van der Waals surface area contributed by atoms with Crippen LogP contribution in [0.3, 0.4) is 0 Å². The molecule has 1 fully saturated rings. The van der Waals surface area contributed by atoms with E-state index in [0.717, 1.165) is 64.2 Å². The lowest BCUT2D eigenvalue weighted by Crippen LogP contribution is -2.34. The van der Waals surface area contributed by atoms with Crippen LogP contribution < -0.4 is 10.1 Å². The number of hydrogen-bond acceptors (Lipinski definition) is 4. The molecule has 1 saturated heterocycles. The lowest BCUT2D eigenvalue weighted by Gasteiger charge is -2.23. The first-order chi connectivity index (χ1) is 12.3. The summed E-state index contributed by atoms with van der Waals surface area (Å²) in [5.41, 5.74) is 3.68. The Kier molecular flexibility index (Phi) is 6.89. The summed E-state index contributed by atoms with van der Waals surface area (Å²) in [7, 11) is 0. The molecule has 2 heterocycles. The zero-order valence-electron chi connectivity index (χ0n) is 15.1. The maximum absolute atomic E-state index is 5.61. The molecule has 25 heavy (non-hydrogen) atoms. The molecule has 1 aliphatic heterocycles. The molecule has 136 valence electrons. The van der Waals surface area contributed by atoms with Crippen LogP contribution >= 0.6 is 0 Å². The molecule has 3 rings (SSSR count). The monoisotopic (exact) mass is 343 g/mol. The Bertz CT molecular complexity index is 618. The average Bonchev–Trinajstić information content (AvgIpc) is 3.09. The Hall–Kier alpha value is -1.85. The molecular weight excluding hydrogens is 314 g/mol. The third-order valence-electron chi connectivity index (χ3n) is 4.59. The lowest BCUT2D eigenvalue weighted by atomic mass is 10.1. The first-order valence-corrected chi connectivity index (χ1v) is 9.39. The smallest absolute Gasteiger partial charge is 0.232 e. The van der Waals surface area contributed by atoms with Gasteiger partial charge in [0.1, 0.15) is 0 Å². The molecule has 0 amide bonds. The van der Waals surface area contributed by atoms with Crippen molar-refractivity contribution in [2.75, 3.05) is 19.8 Å². The van der Waals surface area contributed by atoms with E-state index in [-0.39, 0.29) is 0 Å². The fourth-order valence-electron chi connectivity index (χ4n) is 2.98. The van der Waals surface area contributed by atoms with Gasteiger partial charge in [0, 0.05) is 44.0 Å². The second-order valence-electron chi connectivity index (χ2n) is 6.69.